The van der Waals surface area contributed by atoms with E-state index in [1.54, 1.807) is 18.3 Å². The van der Waals surface area contributed by atoms with Gasteiger partial charge in [0.15, 0.2) is 0 Å². The van der Waals surface area contributed by atoms with Gasteiger partial charge in [-0.2, -0.15) is 4.31 Å². The number of nitrogens with one attached hydrogen (secondary N) is 1. The summed E-state index contributed by atoms with van der Waals surface area (Å²) in [5.41, 5.74) is 6.47. The third-order valence-electron chi connectivity index (χ3n) is 9.21. The van der Waals surface area contributed by atoms with Crippen molar-refractivity contribution < 1.29 is 22.7 Å². The van der Waals surface area contributed by atoms with E-state index in [9.17, 15) is 13.2 Å². The Kier molecular flexibility index (Phi) is 9.39. The molecule has 11 nitrogen and oxygen atoms in total. The van der Waals surface area contributed by atoms with Crippen LogP contribution in [-0.2, 0) is 32.6 Å². The first-order chi connectivity index (χ1) is 22.2. The number of nitrogens with zero attached hydrogens (tertiary/aromatic N) is 5. The van der Waals surface area contributed by atoms with Crippen molar-refractivity contribution in [2.45, 2.75) is 89.5 Å². The van der Waals surface area contributed by atoms with Gasteiger partial charge in [-0.05, 0) is 86.1 Å². The molecule has 46 heavy (non-hydrogen) atoms. The fourth-order valence-corrected chi connectivity index (χ4v) is 7.96. The van der Waals surface area contributed by atoms with Gasteiger partial charge >= 0.3 is 0 Å². The van der Waals surface area contributed by atoms with Crippen molar-refractivity contribution in [2.24, 2.45) is 0 Å². The van der Waals surface area contributed by atoms with Crippen LogP contribution < -0.4 is 10.1 Å². The fraction of sp³-hybridized carbons (Fsp3) is 0.471. The molecule has 12 heteroatoms. The number of amides is 1. The minimum Gasteiger partial charge on any atom is -0.472 e. The second-order valence-corrected chi connectivity index (χ2v) is 14.1. The Bertz CT molecular complexity index is 1840. The van der Waals surface area contributed by atoms with E-state index < -0.39 is 10.0 Å². The summed E-state index contributed by atoms with van der Waals surface area (Å²) in [6.07, 6.45) is 4.06. The number of ether oxygens (including phenoxy) is 2. The number of pyridine rings is 1. The van der Waals surface area contributed by atoms with Crippen LogP contribution in [0.5, 0.6) is 5.88 Å². The van der Waals surface area contributed by atoms with Gasteiger partial charge in [0.2, 0.25) is 21.8 Å². The maximum atomic E-state index is 13.9. The number of fused-ring (bicyclic) bond motifs is 2. The predicted octanol–water partition coefficient (Wildman–Crippen LogP) is 4.64. The zero-order valence-corrected chi connectivity index (χ0v) is 27.7. The Balaban J connectivity index is 1.36. The molecule has 0 bridgehead atoms. The van der Waals surface area contributed by atoms with Crippen molar-refractivity contribution >= 4 is 27.0 Å². The molecule has 6 rings (SSSR count). The zero-order chi connectivity index (χ0) is 32.4. The smallest absolute Gasteiger partial charge is 0.248 e. The summed E-state index contributed by atoms with van der Waals surface area (Å²) in [4.78, 5) is 17.8. The molecule has 1 amide bonds. The van der Waals surface area contributed by atoms with Gasteiger partial charge in [-0.15, -0.1) is 5.10 Å². The highest BCUT2D eigenvalue weighted by molar-refractivity contribution is 7.89. The molecule has 2 aliphatic rings. The number of rotatable bonds is 10. The van der Waals surface area contributed by atoms with Crippen molar-refractivity contribution in [1.82, 2.24) is 29.6 Å². The van der Waals surface area contributed by atoms with Crippen LogP contribution in [0.25, 0.3) is 11.0 Å². The quantitative estimate of drug-likeness (QED) is 0.264. The SMILES string of the molecule is CC[C@@H]1CN(Cc2cc([C@H](CC(=O)NCC3CCCO3)c3ccc4c(nnn4CC)c3C)ccc2C)S(=O)(=O)c2cccnc2O1. The average molecular weight is 647 g/mol. The standard InChI is InChI=1S/C34H42N6O5S/c1-5-26-21-39(46(42,43)31-10-7-15-35-34(31)45-26)20-25-17-24(12-11-22(25)3)29(18-32(41)36-19-27-9-8-16-44-27)28-13-14-30-33(23(28)4)37-38-40(30)6-2/h7,10-15,17,26-27,29H,5-6,8-9,16,18-21H2,1-4H3,(H,36,41)/t26-,27?,29+/m1/s1. The lowest BCUT2D eigenvalue weighted by Crippen LogP contribution is -2.36. The summed E-state index contributed by atoms with van der Waals surface area (Å²) in [7, 11) is -3.88. The van der Waals surface area contributed by atoms with E-state index in [0.717, 1.165) is 58.3 Å². The summed E-state index contributed by atoms with van der Waals surface area (Å²) in [5.74, 6) is -0.221. The number of aryl methyl sites for hydroxylation is 3. The van der Waals surface area contributed by atoms with E-state index in [4.69, 9.17) is 9.47 Å². The molecule has 244 valence electrons. The molecule has 2 aromatic carbocycles. The highest BCUT2D eigenvalue weighted by Crippen LogP contribution is 2.36. The number of benzene rings is 2. The van der Waals surface area contributed by atoms with E-state index in [1.807, 2.05) is 56.6 Å². The molecule has 4 aromatic rings. The number of hydrogen-bond acceptors (Lipinski definition) is 8. The highest BCUT2D eigenvalue weighted by atomic mass is 32.2. The molecule has 0 spiro atoms. The molecule has 1 unspecified atom stereocenters. The molecule has 4 heterocycles. The van der Waals surface area contributed by atoms with Crippen molar-refractivity contribution in [3.05, 3.63) is 76.5 Å². The Hall–Kier alpha value is -3.87. The summed E-state index contributed by atoms with van der Waals surface area (Å²) in [5, 5.41) is 11.9. The van der Waals surface area contributed by atoms with E-state index in [1.165, 1.54) is 4.31 Å². The molecule has 1 N–H and O–H groups in total. The van der Waals surface area contributed by atoms with Crippen LogP contribution in [0.3, 0.4) is 0 Å². The molecule has 2 aliphatic heterocycles. The van der Waals surface area contributed by atoms with E-state index in [-0.39, 0.29) is 54.3 Å². The third kappa shape index (κ3) is 6.38. The molecular weight excluding hydrogens is 604 g/mol. The number of sulfonamides is 1. The molecule has 1 saturated heterocycles. The largest absolute Gasteiger partial charge is 0.472 e. The molecule has 3 atom stereocenters. The lowest BCUT2D eigenvalue weighted by Gasteiger charge is -2.25. The molecule has 1 fully saturated rings. The van der Waals surface area contributed by atoms with Crippen LogP contribution in [0.15, 0.2) is 53.6 Å². The summed E-state index contributed by atoms with van der Waals surface area (Å²) >= 11 is 0. The monoisotopic (exact) mass is 646 g/mol. The van der Waals surface area contributed by atoms with Gasteiger partial charge in [0.1, 0.15) is 16.5 Å². The van der Waals surface area contributed by atoms with Crippen molar-refractivity contribution in [2.75, 3.05) is 19.7 Å². The summed E-state index contributed by atoms with van der Waals surface area (Å²) in [6, 6.07) is 13.3. The van der Waals surface area contributed by atoms with Gasteiger partial charge in [0, 0.05) is 44.8 Å². The van der Waals surface area contributed by atoms with Crippen molar-refractivity contribution in [3.63, 3.8) is 0 Å². The molecule has 0 radical (unpaired) electrons. The van der Waals surface area contributed by atoms with Crippen LogP contribution in [0.4, 0.5) is 0 Å². The maximum absolute atomic E-state index is 13.9. The van der Waals surface area contributed by atoms with Gasteiger partial charge in [-0.25, -0.2) is 18.1 Å². The van der Waals surface area contributed by atoms with Gasteiger partial charge in [-0.1, -0.05) is 36.4 Å². The van der Waals surface area contributed by atoms with Crippen molar-refractivity contribution in [1.29, 1.82) is 0 Å². The fourth-order valence-electron chi connectivity index (χ4n) is 6.44. The van der Waals surface area contributed by atoms with Crippen molar-refractivity contribution in [3.8, 4) is 5.88 Å². The van der Waals surface area contributed by atoms with Gasteiger partial charge in [0.25, 0.3) is 0 Å². The molecule has 0 aliphatic carbocycles. The molecule has 0 saturated carbocycles. The number of carbonyl (C=O) groups excluding carboxylic acids is 1. The minimum absolute atomic E-state index is 0.0439. The number of hydrogen-bond donors (Lipinski definition) is 1. The number of carbonyl (C=O) groups is 1. The van der Waals surface area contributed by atoms with Crippen LogP contribution in [-0.4, -0.2) is 70.5 Å². The lowest BCUT2D eigenvalue weighted by molar-refractivity contribution is -0.121. The predicted molar refractivity (Wildman–Crippen MR) is 174 cm³/mol. The minimum atomic E-state index is -3.88. The Morgan fingerprint density at radius 1 is 1.13 bits per heavy atom. The Labute approximate surface area is 270 Å². The first-order valence-corrected chi connectivity index (χ1v) is 17.6. The van der Waals surface area contributed by atoms with E-state index in [0.29, 0.717) is 19.5 Å². The first-order valence-electron chi connectivity index (χ1n) is 16.1. The summed E-state index contributed by atoms with van der Waals surface area (Å²) < 4.78 is 42.9. The molecule has 2 aromatic heterocycles. The second kappa shape index (κ2) is 13.5. The van der Waals surface area contributed by atoms with Gasteiger partial charge in [0.05, 0.1) is 18.2 Å². The maximum Gasteiger partial charge on any atom is 0.248 e. The lowest BCUT2D eigenvalue weighted by atomic mass is 9.84. The summed E-state index contributed by atoms with van der Waals surface area (Å²) in [6.45, 7) is 10.3. The van der Waals surface area contributed by atoms with Crippen LogP contribution in [0.2, 0.25) is 0 Å². The van der Waals surface area contributed by atoms with E-state index in [2.05, 4.69) is 26.7 Å². The highest BCUT2D eigenvalue weighted by Gasteiger charge is 2.35. The Morgan fingerprint density at radius 2 is 1.98 bits per heavy atom. The zero-order valence-electron chi connectivity index (χ0n) is 26.9. The van der Waals surface area contributed by atoms with Crippen LogP contribution >= 0.6 is 0 Å². The third-order valence-corrected chi connectivity index (χ3v) is 11.0. The topological polar surface area (TPSA) is 129 Å². The average Bonchev–Trinajstić information content (AvgIpc) is 3.72. The first kappa shape index (κ1) is 32.1. The Morgan fingerprint density at radius 3 is 2.74 bits per heavy atom. The van der Waals surface area contributed by atoms with E-state index >= 15 is 0 Å². The van der Waals surface area contributed by atoms with Crippen LogP contribution in [0, 0.1) is 13.8 Å². The number of aromatic nitrogens is 4. The molecular formula is C34H42N6O5S. The van der Waals surface area contributed by atoms with Gasteiger partial charge in [-0.3, -0.25) is 4.79 Å². The second-order valence-electron chi connectivity index (χ2n) is 12.2. The van der Waals surface area contributed by atoms with Crippen LogP contribution in [0.1, 0.15) is 73.3 Å². The normalized spacial score (nSPS) is 20.2. The van der Waals surface area contributed by atoms with Gasteiger partial charge < -0.3 is 14.8 Å².